The molecule has 4 aliphatic rings. The third-order valence-electron chi connectivity index (χ3n) is 12.5. The van der Waals surface area contributed by atoms with E-state index in [1.807, 2.05) is 6.92 Å². The van der Waals surface area contributed by atoms with E-state index in [0.29, 0.717) is 17.8 Å². The van der Waals surface area contributed by atoms with Crippen molar-refractivity contribution >= 4 is 0 Å². The molecule has 3 nitrogen and oxygen atoms in total. The first-order chi connectivity index (χ1) is 15.1. The molecule has 3 N–H and O–H groups in total. The maximum absolute atomic E-state index is 11.9. The van der Waals surface area contributed by atoms with Crippen molar-refractivity contribution < 1.29 is 15.3 Å². The second-order valence-electron chi connectivity index (χ2n) is 14.4. The van der Waals surface area contributed by atoms with Crippen LogP contribution in [-0.4, -0.2) is 33.1 Å². The molecule has 190 valence electrons. The zero-order valence-corrected chi connectivity index (χ0v) is 22.7. The normalized spacial score (nSPS) is 50.5. The zero-order chi connectivity index (χ0) is 24.6. The number of allylic oxidation sites excluding steroid dienone is 2. The largest absolute Gasteiger partial charge is 0.393 e. The van der Waals surface area contributed by atoms with Crippen molar-refractivity contribution in [3.8, 4) is 0 Å². The van der Waals surface area contributed by atoms with Gasteiger partial charge in [0.25, 0.3) is 0 Å². The molecule has 0 aliphatic heterocycles. The second kappa shape index (κ2) is 8.07. The maximum atomic E-state index is 11.9. The molecule has 0 heterocycles. The Morgan fingerprint density at radius 3 is 2.21 bits per heavy atom. The van der Waals surface area contributed by atoms with Gasteiger partial charge in [0, 0.05) is 5.41 Å². The van der Waals surface area contributed by atoms with Crippen molar-refractivity contribution in [3.05, 3.63) is 11.6 Å². The SMILES string of the molecule is CC(C)=CCC[C@](C)(O)[C@H]1CC[C@]2(C)[C@@H]3CC[C@H]4C(C)(C)[C@@H](O)CC[C@]4(C)[C@H]3C[C@@H](O)[C@@]12C. The van der Waals surface area contributed by atoms with Crippen LogP contribution in [0.3, 0.4) is 0 Å². The Balaban J connectivity index is 1.66. The highest BCUT2D eigenvalue weighted by Gasteiger charge is 2.71. The predicted octanol–water partition coefficient (Wildman–Crippen LogP) is 6.50. The van der Waals surface area contributed by atoms with E-state index in [0.717, 1.165) is 44.9 Å². The van der Waals surface area contributed by atoms with Gasteiger partial charge in [-0.25, -0.2) is 0 Å². The van der Waals surface area contributed by atoms with Gasteiger partial charge in [-0.1, -0.05) is 46.3 Å². The van der Waals surface area contributed by atoms with Crippen LogP contribution in [0.15, 0.2) is 11.6 Å². The summed E-state index contributed by atoms with van der Waals surface area (Å²) in [4.78, 5) is 0. The monoisotopic (exact) mass is 460 g/mol. The smallest absolute Gasteiger partial charge is 0.0657 e. The van der Waals surface area contributed by atoms with Crippen LogP contribution in [0, 0.1) is 45.3 Å². The molecule has 3 heteroatoms. The Morgan fingerprint density at radius 2 is 1.58 bits per heavy atom. The summed E-state index contributed by atoms with van der Waals surface area (Å²) in [6, 6.07) is 0. The van der Waals surface area contributed by atoms with Crippen molar-refractivity contribution in [2.75, 3.05) is 0 Å². The lowest BCUT2D eigenvalue weighted by Crippen LogP contribution is -2.66. The van der Waals surface area contributed by atoms with Crippen molar-refractivity contribution in [1.29, 1.82) is 0 Å². The Kier molecular flexibility index (Phi) is 6.28. The highest BCUT2D eigenvalue weighted by Crippen LogP contribution is 2.74. The number of aliphatic hydroxyl groups is 3. The summed E-state index contributed by atoms with van der Waals surface area (Å²) < 4.78 is 0. The molecule has 0 amide bonds. The van der Waals surface area contributed by atoms with Gasteiger partial charge in [0.05, 0.1) is 17.8 Å². The Labute approximate surface area is 203 Å². The molecular weight excluding hydrogens is 408 g/mol. The third kappa shape index (κ3) is 3.53. The van der Waals surface area contributed by atoms with Gasteiger partial charge in [0.1, 0.15) is 0 Å². The summed E-state index contributed by atoms with van der Waals surface area (Å²) >= 11 is 0. The fourth-order valence-electron chi connectivity index (χ4n) is 10.3. The second-order valence-corrected chi connectivity index (χ2v) is 14.4. The summed E-state index contributed by atoms with van der Waals surface area (Å²) in [5.41, 5.74) is 0.465. The van der Waals surface area contributed by atoms with Crippen molar-refractivity contribution in [2.24, 2.45) is 45.3 Å². The van der Waals surface area contributed by atoms with Crippen LogP contribution in [0.2, 0.25) is 0 Å². The minimum absolute atomic E-state index is 0.0503. The molecule has 0 aromatic heterocycles. The molecular formula is C30H52O3. The van der Waals surface area contributed by atoms with Gasteiger partial charge in [0.2, 0.25) is 0 Å². The Hall–Kier alpha value is -0.380. The van der Waals surface area contributed by atoms with Gasteiger partial charge in [-0.05, 0) is 118 Å². The Morgan fingerprint density at radius 1 is 0.909 bits per heavy atom. The molecule has 0 saturated heterocycles. The van der Waals surface area contributed by atoms with E-state index in [-0.39, 0.29) is 39.8 Å². The average Bonchev–Trinajstić information content (AvgIpc) is 3.00. The van der Waals surface area contributed by atoms with Gasteiger partial charge < -0.3 is 15.3 Å². The summed E-state index contributed by atoms with van der Waals surface area (Å²) in [5, 5.41) is 34.5. The first kappa shape index (κ1) is 25.7. The van der Waals surface area contributed by atoms with Crippen LogP contribution in [0.5, 0.6) is 0 Å². The van der Waals surface area contributed by atoms with E-state index in [2.05, 4.69) is 54.5 Å². The lowest BCUT2D eigenvalue weighted by Gasteiger charge is -2.68. The Bertz CT molecular complexity index is 779. The number of hydrogen-bond acceptors (Lipinski definition) is 3. The molecule has 4 fully saturated rings. The zero-order valence-electron chi connectivity index (χ0n) is 22.7. The highest BCUT2D eigenvalue weighted by molar-refractivity contribution is 5.20. The quantitative estimate of drug-likeness (QED) is 0.420. The molecule has 0 unspecified atom stereocenters. The van der Waals surface area contributed by atoms with E-state index in [4.69, 9.17) is 0 Å². The van der Waals surface area contributed by atoms with Crippen molar-refractivity contribution in [3.63, 3.8) is 0 Å². The van der Waals surface area contributed by atoms with Crippen LogP contribution in [0.1, 0.15) is 113 Å². The van der Waals surface area contributed by atoms with Crippen molar-refractivity contribution in [2.45, 2.75) is 131 Å². The predicted molar refractivity (Wildman–Crippen MR) is 136 cm³/mol. The van der Waals surface area contributed by atoms with Gasteiger partial charge >= 0.3 is 0 Å². The fourth-order valence-corrected chi connectivity index (χ4v) is 10.3. The number of hydrogen-bond donors (Lipinski definition) is 3. The summed E-state index contributed by atoms with van der Waals surface area (Å²) in [5.74, 6) is 1.74. The van der Waals surface area contributed by atoms with Crippen LogP contribution in [-0.2, 0) is 0 Å². The number of rotatable bonds is 4. The molecule has 0 radical (unpaired) electrons. The van der Waals surface area contributed by atoms with E-state index in [1.165, 1.54) is 18.4 Å². The highest BCUT2D eigenvalue weighted by atomic mass is 16.3. The first-order valence-corrected chi connectivity index (χ1v) is 13.8. The van der Waals surface area contributed by atoms with E-state index in [1.54, 1.807) is 0 Å². The minimum atomic E-state index is -0.760. The molecule has 4 saturated carbocycles. The summed E-state index contributed by atoms with van der Waals surface area (Å²) in [7, 11) is 0. The molecule has 4 aliphatic carbocycles. The summed E-state index contributed by atoms with van der Waals surface area (Å²) in [6.07, 6.45) is 10.6. The molecule has 0 bridgehead atoms. The van der Waals surface area contributed by atoms with Gasteiger partial charge in [-0.2, -0.15) is 0 Å². The molecule has 4 rings (SSSR count). The molecule has 0 spiro atoms. The first-order valence-electron chi connectivity index (χ1n) is 13.8. The maximum Gasteiger partial charge on any atom is 0.0657 e. The lowest BCUT2D eigenvalue weighted by atomic mass is 9.37. The molecule has 33 heavy (non-hydrogen) atoms. The van der Waals surface area contributed by atoms with Gasteiger partial charge in [0.15, 0.2) is 0 Å². The van der Waals surface area contributed by atoms with Crippen LogP contribution < -0.4 is 0 Å². The third-order valence-corrected chi connectivity index (χ3v) is 12.5. The lowest BCUT2D eigenvalue weighted by molar-refractivity contribution is -0.240. The summed E-state index contributed by atoms with van der Waals surface area (Å²) in [6.45, 7) is 18.1. The van der Waals surface area contributed by atoms with Gasteiger partial charge in [-0.3, -0.25) is 0 Å². The standard InChI is InChI=1S/C30H52O3/c1-19(2)10-9-15-29(7,33)23-13-17-28(6)20-11-12-22-26(3,4)24(31)14-16-27(22,5)21(20)18-25(32)30(23,28)8/h10,20-25,31-33H,9,11-18H2,1-8H3/t20-,21+,22+,23-,24+,25-,27-,28-,29+,30-/m1/s1. The van der Waals surface area contributed by atoms with Crippen LogP contribution in [0.25, 0.3) is 0 Å². The van der Waals surface area contributed by atoms with E-state index >= 15 is 0 Å². The van der Waals surface area contributed by atoms with E-state index in [9.17, 15) is 15.3 Å². The van der Waals surface area contributed by atoms with E-state index < -0.39 is 5.60 Å². The van der Waals surface area contributed by atoms with Crippen LogP contribution in [0.4, 0.5) is 0 Å². The van der Waals surface area contributed by atoms with Crippen molar-refractivity contribution in [1.82, 2.24) is 0 Å². The molecule has 0 aromatic rings. The van der Waals surface area contributed by atoms with Gasteiger partial charge in [-0.15, -0.1) is 0 Å². The van der Waals surface area contributed by atoms with Crippen LogP contribution >= 0.6 is 0 Å². The fraction of sp³-hybridized carbons (Fsp3) is 0.933. The molecule has 10 atom stereocenters. The topological polar surface area (TPSA) is 60.7 Å². The number of aliphatic hydroxyl groups excluding tert-OH is 2. The average molecular weight is 461 g/mol. The number of fused-ring (bicyclic) bond motifs is 5. The minimum Gasteiger partial charge on any atom is -0.393 e. The molecule has 0 aromatic carbocycles.